The fourth-order valence-electron chi connectivity index (χ4n) is 1.64. The molecule has 2 aromatic rings. The quantitative estimate of drug-likeness (QED) is 0.843. The van der Waals surface area contributed by atoms with Gasteiger partial charge in [-0.2, -0.15) is 5.10 Å². The second-order valence-electron chi connectivity index (χ2n) is 5.17. The zero-order valence-electron chi connectivity index (χ0n) is 11.0. The summed E-state index contributed by atoms with van der Waals surface area (Å²) in [6.07, 6.45) is 1.33. The molecule has 1 amide bonds. The van der Waals surface area contributed by atoms with E-state index in [0.29, 0.717) is 5.69 Å². The van der Waals surface area contributed by atoms with Crippen LogP contribution < -0.4 is 5.32 Å². The van der Waals surface area contributed by atoms with Crippen LogP contribution in [0.3, 0.4) is 0 Å². The zero-order valence-corrected chi connectivity index (χ0v) is 11.0. The summed E-state index contributed by atoms with van der Waals surface area (Å²) in [6, 6.07) is 5.61. The van der Waals surface area contributed by atoms with Crippen LogP contribution in [0.2, 0.25) is 0 Å². The molecule has 0 aliphatic heterocycles. The van der Waals surface area contributed by atoms with Crippen LogP contribution in [-0.4, -0.2) is 21.5 Å². The van der Waals surface area contributed by atoms with E-state index in [9.17, 15) is 4.79 Å². The van der Waals surface area contributed by atoms with E-state index in [4.69, 9.17) is 4.74 Å². The van der Waals surface area contributed by atoms with Gasteiger partial charge in [0.15, 0.2) is 0 Å². The van der Waals surface area contributed by atoms with Gasteiger partial charge in [-0.3, -0.25) is 10.00 Å². The number of nitrogens with zero attached hydrogens (tertiary/aromatic N) is 2. The maximum absolute atomic E-state index is 11.6. The summed E-state index contributed by atoms with van der Waals surface area (Å²) in [4.78, 5) is 11.6. The highest BCUT2D eigenvalue weighted by Crippen LogP contribution is 2.19. The molecule has 1 aromatic heterocycles. The van der Waals surface area contributed by atoms with Gasteiger partial charge in [0.2, 0.25) is 0 Å². The monoisotopic (exact) mass is 247 g/mol. The Balaban J connectivity index is 2.17. The summed E-state index contributed by atoms with van der Waals surface area (Å²) in [5.41, 5.74) is 1.16. The molecule has 5 heteroatoms. The highest BCUT2D eigenvalue weighted by atomic mass is 16.6. The van der Waals surface area contributed by atoms with Crippen molar-refractivity contribution in [1.82, 2.24) is 9.78 Å². The molecule has 0 aliphatic carbocycles. The first-order valence-corrected chi connectivity index (χ1v) is 5.77. The summed E-state index contributed by atoms with van der Waals surface area (Å²) >= 11 is 0. The van der Waals surface area contributed by atoms with Gasteiger partial charge in [-0.1, -0.05) is 0 Å². The van der Waals surface area contributed by atoms with Gasteiger partial charge in [0.05, 0.1) is 11.7 Å². The SMILES string of the molecule is Cn1ncc2ccc(NC(=O)OC(C)(C)C)cc21. The number of carbonyl (C=O) groups excluding carboxylic acids is 1. The van der Waals surface area contributed by atoms with Gasteiger partial charge in [0.1, 0.15) is 5.60 Å². The smallest absolute Gasteiger partial charge is 0.412 e. The maximum Gasteiger partial charge on any atom is 0.412 e. The lowest BCUT2D eigenvalue weighted by molar-refractivity contribution is 0.0636. The molecule has 0 unspecified atom stereocenters. The van der Waals surface area contributed by atoms with Crippen LogP contribution in [0.4, 0.5) is 10.5 Å². The first-order valence-electron chi connectivity index (χ1n) is 5.77. The molecule has 0 fully saturated rings. The van der Waals surface area contributed by atoms with Crippen LogP contribution in [0, 0.1) is 0 Å². The Kier molecular flexibility index (Phi) is 2.98. The fraction of sp³-hybridized carbons (Fsp3) is 0.385. The first-order chi connectivity index (χ1) is 8.35. The average molecular weight is 247 g/mol. The minimum atomic E-state index is -0.499. The predicted octanol–water partition coefficient (Wildman–Crippen LogP) is 2.92. The molecule has 96 valence electrons. The number of aryl methyl sites for hydroxylation is 1. The zero-order chi connectivity index (χ0) is 13.3. The second kappa shape index (κ2) is 4.33. The number of rotatable bonds is 1. The number of amides is 1. The molecule has 5 nitrogen and oxygen atoms in total. The van der Waals surface area contributed by atoms with Crippen LogP contribution >= 0.6 is 0 Å². The molecule has 0 atom stereocenters. The van der Waals surface area contributed by atoms with Gasteiger partial charge >= 0.3 is 6.09 Å². The normalized spacial score (nSPS) is 11.6. The number of aromatic nitrogens is 2. The third-order valence-electron chi connectivity index (χ3n) is 2.39. The Morgan fingerprint density at radius 3 is 2.78 bits per heavy atom. The van der Waals surface area contributed by atoms with Crippen molar-refractivity contribution in [1.29, 1.82) is 0 Å². The van der Waals surface area contributed by atoms with E-state index in [0.717, 1.165) is 10.9 Å². The number of benzene rings is 1. The van der Waals surface area contributed by atoms with Crippen molar-refractivity contribution in [2.24, 2.45) is 7.05 Å². The molecule has 0 saturated carbocycles. The molecule has 0 aliphatic rings. The fourth-order valence-corrected chi connectivity index (χ4v) is 1.64. The number of hydrogen-bond donors (Lipinski definition) is 1. The molecule has 0 spiro atoms. The number of anilines is 1. The molecule has 0 bridgehead atoms. The van der Waals surface area contributed by atoms with Crippen molar-refractivity contribution in [2.75, 3.05) is 5.32 Å². The van der Waals surface area contributed by atoms with E-state index < -0.39 is 11.7 Å². The lowest BCUT2D eigenvalue weighted by Gasteiger charge is -2.19. The van der Waals surface area contributed by atoms with Crippen LogP contribution in [0.5, 0.6) is 0 Å². The topological polar surface area (TPSA) is 56.2 Å². The molecule has 1 aromatic carbocycles. The molecule has 0 radical (unpaired) electrons. The number of carbonyl (C=O) groups is 1. The van der Waals surface area contributed by atoms with Crippen molar-refractivity contribution in [3.8, 4) is 0 Å². The summed E-state index contributed by atoms with van der Waals surface area (Å²) in [5.74, 6) is 0. The van der Waals surface area contributed by atoms with Crippen molar-refractivity contribution < 1.29 is 9.53 Å². The largest absolute Gasteiger partial charge is 0.444 e. The van der Waals surface area contributed by atoms with Crippen molar-refractivity contribution >= 4 is 22.7 Å². The molecule has 2 rings (SSSR count). The highest BCUT2D eigenvalue weighted by molar-refractivity contribution is 5.89. The molecule has 1 N–H and O–H groups in total. The maximum atomic E-state index is 11.6. The second-order valence-corrected chi connectivity index (χ2v) is 5.17. The number of nitrogens with one attached hydrogen (secondary N) is 1. The third-order valence-corrected chi connectivity index (χ3v) is 2.39. The molecular formula is C13H17N3O2. The Morgan fingerprint density at radius 2 is 2.11 bits per heavy atom. The van der Waals surface area contributed by atoms with E-state index in [1.54, 1.807) is 10.9 Å². The lowest BCUT2D eigenvalue weighted by atomic mass is 10.2. The van der Waals surface area contributed by atoms with Gasteiger partial charge in [0, 0.05) is 18.1 Å². The van der Waals surface area contributed by atoms with Gasteiger partial charge in [-0.25, -0.2) is 4.79 Å². The Bertz CT molecular complexity index is 581. The van der Waals surface area contributed by atoms with Gasteiger partial charge in [-0.15, -0.1) is 0 Å². The standard InChI is InChI=1S/C13H17N3O2/c1-13(2,3)18-12(17)15-10-6-5-9-8-14-16(4)11(9)7-10/h5-8H,1-4H3,(H,15,17). The van der Waals surface area contributed by atoms with Crippen molar-refractivity contribution in [3.63, 3.8) is 0 Å². The third kappa shape index (κ3) is 2.80. The average Bonchev–Trinajstić information content (AvgIpc) is 2.57. The van der Waals surface area contributed by atoms with Crippen LogP contribution in [0.15, 0.2) is 24.4 Å². The van der Waals surface area contributed by atoms with Crippen LogP contribution in [0.1, 0.15) is 20.8 Å². The van der Waals surface area contributed by atoms with Gasteiger partial charge in [0.25, 0.3) is 0 Å². The number of fused-ring (bicyclic) bond motifs is 1. The lowest BCUT2D eigenvalue weighted by Crippen LogP contribution is -2.27. The van der Waals surface area contributed by atoms with E-state index in [1.165, 1.54) is 0 Å². The van der Waals surface area contributed by atoms with E-state index in [2.05, 4.69) is 10.4 Å². The molecule has 18 heavy (non-hydrogen) atoms. The number of ether oxygens (including phenoxy) is 1. The summed E-state index contributed by atoms with van der Waals surface area (Å²) in [5, 5.41) is 7.89. The first kappa shape index (κ1) is 12.4. The highest BCUT2D eigenvalue weighted by Gasteiger charge is 2.16. The summed E-state index contributed by atoms with van der Waals surface area (Å²) < 4.78 is 6.95. The van der Waals surface area contributed by atoms with Crippen LogP contribution in [0.25, 0.3) is 10.9 Å². The van der Waals surface area contributed by atoms with Crippen molar-refractivity contribution in [3.05, 3.63) is 24.4 Å². The van der Waals surface area contributed by atoms with Crippen molar-refractivity contribution in [2.45, 2.75) is 26.4 Å². The minimum Gasteiger partial charge on any atom is -0.444 e. The van der Waals surface area contributed by atoms with E-state index in [1.807, 2.05) is 46.0 Å². The number of hydrogen-bond acceptors (Lipinski definition) is 3. The van der Waals surface area contributed by atoms with Gasteiger partial charge in [-0.05, 0) is 39.0 Å². The predicted molar refractivity (Wildman–Crippen MR) is 70.6 cm³/mol. The Hall–Kier alpha value is -2.04. The van der Waals surface area contributed by atoms with E-state index in [-0.39, 0.29) is 0 Å². The van der Waals surface area contributed by atoms with Gasteiger partial charge < -0.3 is 4.74 Å². The molecule has 0 saturated heterocycles. The molecule has 1 heterocycles. The Morgan fingerprint density at radius 1 is 1.39 bits per heavy atom. The summed E-state index contributed by atoms with van der Waals surface area (Å²) in [6.45, 7) is 5.49. The molecular weight excluding hydrogens is 230 g/mol. The van der Waals surface area contributed by atoms with Crippen LogP contribution in [-0.2, 0) is 11.8 Å². The Labute approximate surface area is 106 Å². The summed E-state index contributed by atoms with van der Waals surface area (Å²) in [7, 11) is 1.86. The van der Waals surface area contributed by atoms with E-state index >= 15 is 0 Å². The minimum absolute atomic E-state index is 0.455.